The van der Waals surface area contributed by atoms with Crippen LogP contribution < -0.4 is 4.90 Å². The molecular weight excluding hydrogens is 358 g/mol. The molecule has 0 aliphatic carbocycles. The molecule has 0 aromatic carbocycles. The molecule has 0 unspecified atom stereocenters. The first-order chi connectivity index (χ1) is 11.0. The average molecular weight is 374 g/mol. The second kappa shape index (κ2) is 6.72. The maximum atomic E-state index is 12.4. The Balaban J connectivity index is 1.89. The normalized spacial score (nSPS) is 19.0. The molecule has 0 bridgehead atoms. The third-order valence-electron chi connectivity index (χ3n) is 3.54. The molecule has 0 radical (unpaired) electrons. The zero-order valence-corrected chi connectivity index (χ0v) is 14.9. The fourth-order valence-corrected chi connectivity index (χ4v) is 4.99. The van der Waals surface area contributed by atoms with Gasteiger partial charge >= 0.3 is 0 Å². The van der Waals surface area contributed by atoms with Crippen LogP contribution in [-0.2, 0) is 20.3 Å². The average Bonchev–Trinajstić information content (AvgIpc) is 3.01. The molecule has 9 heteroatoms. The van der Waals surface area contributed by atoms with Gasteiger partial charge < -0.3 is 9.64 Å². The van der Waals surface area contributed by atoms with Crippen LogP contribution in [0.15, 0.2) is 27.8 Å². The van der Waals surface area contributed by atoms with Crippen molar-refractivity contribution in [1.29, 1.82) is 0 Å². The minimum atomic E-state index is -3.42. The fourth-order valence-electron chi connectivity index (χ4n) is 2.45. The van der Waals surface area contributed by atoms with Crippen molar-refractivity contribution < 1.29 is 13.2 Å². The lowest BCUT2D eigenvalue weighted by Gasteiger charge is -2.34. The summed E-state index contributed by atoms with van der Waals surface area (Å²) in [5, 5.41) is 1.79. The van der Waals surface area contributed by atoms with Gasteiger partial charge in [0.1, 0.15) is 10.0 Å². The van der Waals surface area contributed by atoms with Crippen LogP contribution in [0.5, 0.6) is 0 Å². The summed E-state index contributed by atoms with van der Waals surface area (Å²) in [5.74, 6) is 0.443. The van der Waals surface area contributed by atoms with Crippen LogP contribution in [0, 0.1) is 0 Å². The van der Waals surface area contributed by atoms with E-state index >= 15 is 0 Å². The molecule has 0 amide bonds. The molecule has 2 aromatic heterocycles. The molecule has 6 nitrogen and oxygen atoms in total. The van der Waals surface area contributed by atoms with E-state index in [0.717, 1.165) is 0 Å². The van der Waals surface area contributed by atoms with E-state index in [9.17, 15) is 8.42 Å². The molecule has 0 N–H and O–H groups in total. The number of hydrogen-bond acceptors (Lipinski definition) is 7. The molecule has 3 rings (SSSR count). The molecule has 0 spiro atoms. The van der Waals surface area contributed by atoms with E-state index in [1.165, 1.54) is 11.3 Å². The highest BCUT2D eigenvalue weighted by molar-refractivity contribution is 7.92. The van der Waals surface area contributed by atoms with Gasteiger partial charge in [0.2, 0.25) is 5.28 Å². The molecule has 2 aromatic rings. The van der Waals surface area contributed by atoms with E-state index in [4.69, 9.17) is 16.3 Å². The highest BCUT2D eigenvalue weighted by Gasteiger charge is 2.23. The number of sulfone groups is 1. The van der Waals surface area contributed by atoms with Crippen molar-refractivity contribution in [3.8, 4) is 0 Å². The Morgan fingerprint density at radius 3 is 3.00 bits per heavy atom. The summed E-state index contributed by atoms with van der Waals surface area (Å²) >= 11 is 7.19. The summed E-state index contributed by atoms with van der Waals surface area (Å²) in [6.07, 6.45) is 0. The second-order valence-corrected chi connectivity index (χ2v) is 8.80. The van der Waals surface area contributed by atoms with E-state index in [2.05, 4.69) is 14.9 Å². The molecule has 1 atom stereocenters. The Bertz CT molecular complexity index is 781. The highest BCUT2D eigenvalue weighted by atomic mass is 35.5. The quantitative estimate of drug-likeness (QED) is 0.766. The summed E-state index contributed by atoms with van der Waals surface area (Å²) in [5.41, 5.74) is 0.395. The molecule has 1 fully saturated rings. The number of anilines is 1. The summed E-state index contributed by atoms with van der Waals surface area (Å²) in [6, 6.07) is 5.15. The standard InChI is InChI=1S/C14H16ClN3O3S2/c1-10-8-21-5-4-18(10)12-7-11(16-14(15)17-12)9-23(19,20)13-3-2-6-22-13/h2-3,6-7,10H,4-5,8-9H2,1H3/t10-/m0/s1. The predicted octanol–water partition coefficient (Wildman–Crippen LogP) is 2.39. The predicted molar refractivity (Wildman–Crippen MR) is 89.9 cm³/mol. The number of nitrogens with zero attached hydrogens (tertiary/aromatic N) is 3. The van der Waals surface area contributed by atoms with Gasteiger partial charge in [0.15, 0.2) is 9.84 Å². The van der Waals surface area contributed by atoms with E-state index in [0.29, 0.717) is 35.5 Å². The minimum Gasteiger partial charge on any atom is -0.377 e. The van der Waals surface area contributed by atoms with Gasteiger partial charge in [-0.05, 0) is 30.0 Å². The van der Waals surface area contributed by atoms with Crippen molar-refractivity contribution in [1.82, 2.24) is 9.97 Å². The van der Waals surface area contributed by atoms with Crippen molar-refractivity contribution in [3.05, 3.63) is 34.6 Å². The van der Waals surface area contributed by atoms with Gasteiger partial charge in [0, 0.05) is 12.6 Å². The molecule has 1 saturated heterocycles. The molecule has 23 heavy (non-hydrogen) atoms. The molecule has 3 heterocycles. The molecule has 1 aliphatic heterocycles. The van der Waals surface area contributed by atoms with Gasteiger partial charge in [-0.15, -0.1) is 11.3 Å². The number of ether oxygens (including phenoxy) is 1. The molecule has 124 valence electrons. The number of rotatable bonds is 4. The van der Waals surface area contributed by atoms with Gasteiger partial charge in [-0.1, -0.05) is 6.07 Å². The van der Waals surface area contributed by atoms with Crippen molar-refractivity contribution >= 4 is 38.6 Å². The zero-order chi connectivity index (χ0) is 16.4. The van der Waals surface area contributed by atoms with E-state index in [-0.39, 0.29) is 17.1 Å². The largest absolute Gasteiger partial charge is 0.377 e. The van der Waals surface area contributed by atoms with Crippen molar-refractivity contribution in [2.24, 2.45) is 0 Å². The number of thiophene rings is 1. The summed E-state index contributed by atoms with van der Waals surface area (Å²) in [4.78, 5) is 10.4. The summed E-state index contributed by atoms with van der Waals surface area (Å²) in [6.45, 7) is 3.92. The first-order valence-corrected chi connectivity index (χ1v) is 10.0. The maximum absolute atomic E-state index is 12.4. The van der Waals surface area contributed by atoms with Crippen LogP contribution in [0.1, 0.15) is 12.6 Å². The van der Waals surface area contributed by atoms with Gasteiger partial charge in [0.05, 0.1) is 30.7 Å². The van der Waals surface area contributed by atoms with Crippen LogP contribution in [0.3, 0.4) is 0 Å². The highest BCUT2D eigenvalue weighted by Crippen LogP contribution is 2.24. The van der Waals surface area contributed by atoms with Gasteiger partial charge in [-0.25, -0.2) is 18.4 Å². The maximum Gasteiger partial charge on any atom is 0.224 e. The Labute approximate surface area is 144 Å². The van der Waals surface area contributed by atoms with Gasteiger partial charge in [0.25, 0.3) is 0 Å². The lowest BCUT2D eigenvalue weighted by Crippen LogP contribution is -2.44. The molecular formula is C14H16ClN3O3S2. The van der Waals surface area contributed by atoms with E-state index < -0.39 is 9.84 Å². The van der Waals surface area contributed by atoms with Crippen LogP contribution in [-0.4, -0.2) is 44.2 Å². The van der Waals surface area contributed by atoms with Crippen LogP contribution >= 0.6 is 22.9 Å². The Kier molecular flexibility index (Phi) is 4.86. The SMILES string of the molecule is C[C@H]1COCCN1c1cc(CS(=O)(=O)c2cccs2)nc(Cl)n1. The van der Waals surface area contributed by atoms with Crippen molar-refractivity contribution in [2.75, 3.05) is 24.7 Å². The Morgan fingerprint density at radius 2 is 2.30 bits per heavy atom. The fraction of sp³-hybridized carbons (Fsp3) is 0.429. The smallest absolute Gasteiger partial charge is 0.224 e. The first-order valence-electron chi connectivity index (χ1n) is 7.10. The van der Waals surface area contributed by atoms with Crippen molar-refractivity contribution in [2.45, 2.75) is 22.9 Å². The minimum absolute atomic E-state index is 0.0533. The third-order valence-corrected chi connectivity index (χ3v) is 6.85. The van der Waals surface area contributed by atoms with Crippen molar-refractivity contribution in [3.63, 3.8) is 0 Å². The molecule has 0 saturated carbocycles. The number of hydrogen-bond donors (Lipinski definition) is 0. The second-order valence-electron chi connectivity index (χ2n) is 5.30. The zero-order valence-electron chi connectivity index (χ0n) is 12.5. The number of morpholine rings is 1. The van der Waals surface area contributed by atoms with Crippen LogP contribution in [0.25, 0.3) is 0 Å². The summed E-state index contributed by atoms with van der Waals surface area (Å²) < 4.78 is 30.5. The Hall–Kier alpha value is -1.22. The van der Waals surface area contributed by atoms with Crippen LogP contribution in [0.2, 0.25) is 5.28 Å². The van der Waals surface area contributed by atoms with Gasteiger partial charge in [-0.2, -0.15) is 0 Å². The van der Waals surface area contributed by atoms with Gasteiger partial charge in [-0.3, -0.25) is 0 Å². The van der Waals surface area contributed by atoms with E-state index in [1.807, 2.05) is 6.92 Å². The first kappa shape index (κ1) is 16.6. The van der Waals surface area contributed by atoms with E-state index in [1.54, 1.807) is 23.6 Å². The monoisotopic (exact) mass is 373 g/mol. The lowest BCUT2D eigenvalue weighted by atomic mass is 10.2. The Morgan fingerprint density at radius 1 is 1.48 bits per heavy atom. The third kappa shape index (κ3) is 3.82. The topological polar surface area (TPSA) is 72.4 Å². The number of aromatic nitrogens is 2. The lowest BCUT2D eigenvalue weighted by molar-refractivity contribution is 0.0985. The van der Waals surface area contributed by atoms with Crippen LogP contribution in [0.4, 0.5) is 5.82 Å². The number of halogens is 1. The summed E-state index contributed by atoms with van der Waals surface area (Å²) in [7, 11) is -3.42. The molecule has 1 aliphatic rings.